The first-order valence-electron chi connectivity index (χ1n) is 7.81. The fourth-order valence-corrected chi connectivity index (χ4v) is 3.12. The molecule has 23 heavy (non-hydrogen) atoms. The molecule has 0 aliphatic heterocycles. The van der Waals surface area contributed by atoms with Gasteiger partial charge in [-0.05, 0) is 60.7 Å². The van der Waals surface area contributed by atoms with E-state index in [1.165, 1.54) is 23.3 Å². The van der Waals surface area contributed by atoms with Gasteiger partial charge in [0, 0.05) is 28.2 Å². The van der Waals surface area contributed by atoms with Crippen molar-refractivity contribution in [3.05, 3.63) is 69.1 Å². The van der Waals surface area contributed by atoms with Crippen LogP contribution in [0.3, 0.4) is 0 Å². The highest BCUT2D eigenvalue weighted by atomic mass is 19.1. The lowest BCUT2D eigenvalue weighted by atomic mass is 9.92. The molecular formula is C20H20FNO. The highest BCUT2D eigenvalue weighted by Crippen LogP contribution is 2.29. The van der Waals surface area contributed by atoms with E-state index in [0.717, 1.165) is 16.8 Å². The van der Waals surface area contributed by atoms with Gasteiger partial charge in [0.1, 0.15) is 5.82 Å². The Morgan fingerprint density at radius 2 is 1.74 bits per heavy atom. The lowest BCUT2D eigenvalue weighted by Gasteiger charge is -2.15. The molecule has 0 saturated heterocycles. The van der Waals surface area contributed by atoms with Crippen molar-refractivity contribution < 1.29 is 4.39 Å². The molecule has 0 atom stereocenters. The Bertz CT molecular complexity index is 954. The first kappa shape index (κ1) is 15.5. The Kier molecular flexibility index (Phi) is 3.80. The second kappa shape index (κ2) is 5.65. The van der Waals surface area contributed by atoms with Crippen LogP contribution in [0.2, 0.25) is 0 Å². The summed E-state index contributed by atoms with van der Waals surface area (Å²) >= 11 is 0. The Morgan fingerprint density at radius 3 is 2.43 bits per heavy atom. The van der Waals surface area contributed by atoms with Gasteiger partial charge in [0.2, 0.25) is 0 Å². The first-order chi connectivity index (χ1) is 10.9. The Morgan fingerprint density at radius 1 is 1.00 bits per heavy atom. The third kappa shape index (κ3) is 2.79. The van der Waals surface area contributed by atoms with E-state index < -0.39 is 5.82 Å². The number of nitrogens with one attached hydrogen (secondary N) is 1. The van der Waals surface area contributed by atoms with Crippen LogP contribution in [0.15, 0.2) is 41.2 Å². The molecule has 0 amide bonds. The van der Waals surface area contributed by atoms with Gasteiger partial charge in [-0.2, -0.15) is 0 Å². The Labute approximate surface area is 135 Å². The smallest absolute Gasteiger partial charge is 0.190 e. The van der Waals surface area contributed by atoms with Crippen LogP contribution in [0.5, 0.6) is 0 Å². The van der Waals surface area contributed by atoms with E-state index in [-0.39, 0.29) is 5.43 Å². The van der Waals surface area contributed by atoms with Gasteiger partial charge in [0.05, 0.1) is 0 Å². The molecule has 3 heteroatoms. The molecule has 3 rings (SSSR count). The summed E-state index contributed by atoms with van der Waals surface area (Å²) in [4.78, 5) is 15.6. The summed E-state index contributed by atoms with van der Waals surface area (Å²) in [6.45, 7) is 8.49. The minimum Gasteiger partial charge on any atom is -0.354 e. The van der Waals surface area contributed by atoms with Crippen molar-refractivity contribution in [1.82, 2.24) is 4.98 Å². The molecule has 1 N–H and O–H groups in total. The van der Waals surface area contributed by atoms with Gasteiger partial charge >= 0.3 is 0 Å². The molecule has 1 heterocycles. The number of fused-ring (bicyclic) bond motifs is 1. The molecule has 0 saturated carbocycles. The number of halogens is 1. The lowest BCUT2D eigenvalue weighted by molar-refractivity contribution is 0.629. The van der Waals surface area contributed by atoms with Gasteiger partial charge in [0.25, 0.3) is 0 Å². The zero-order valence-corrected chi connectivity index (χ0v) is 13.8. The molecule has 2 nitrogen and oxygen atoms in total. The van der Waals surface area contributed by atoms with Crippen LogP contribution < -0.4 is 5.43 Å². The molecule has 1 aromatic heterocycles. The van der Waals surface area contributed by atoms with Crippen molar-refractivity contribution in [1.29, 1.82) is 0 Å². The van der Waals surface area contributed by atoms with Crippen LogP contribution in [-0.4, -0.2) is 4.98 Å². The number of benzene rings is 2. The van der Waals surface area contributed by atoms with Crippen LogP contribution in [-0.2, 0) is 0 Å². The molecule has 118 valence electrons. The Balaban J connectivity index is 2.23. The maximum absolute atomic E-state index is 13.3. The van der Waals surface area contributed by atoms with Crippen molar-refractivity contribution in [3.63, 3.8) is 0 Å². The SMILES string of the molecule is Cc1cc(C(C)C)c(C)cc1-c1cc(=O)c2cc(F)ccc2[nH]1. The normalized spacial score (nSPS) is 11.4. The van der Waals surface area contributed by atoms with Crippen molar-refractivity contribution in [2.75, 3.05) is 0 Å². The van der Waals surface area contributed by atoms with Crippen LogP contribution in [0.25, 0.3) is 22.2 Å². The zero-order chi connectivity index (χ0) is 16.7. The maximum atomic E-state index is 13.3. The minimum absolute atomic E-state index is 0.168. The predicted molar refractivity (Wildman–Crippen MR) is 93.5 cm³/mol. The van der Waals surface area contributed by atoms with E-state index in [4.69, 9.17) is 0 Å². The van der Waals surface area contributed by atoms with Crippen LogP contribution >= 0.6 is 0 Å². The number of aromatic amines is 1. The number of pyridine rings is 1. The number of H-pyrrole nitrogens is 1. The second-order valence-electron chi connectivity index (χ2n) is 6.42. The number of hydrogen-bond acceptors (Lipinski definition) is 1. The zero-order valence-electron chi connectivity index (χ0n) is 13.8. The van der Waals surface area contributed by atoms with Crippen LogP contribution in [0, 0.1) is 19.7 Å². The highest BCUT2D eigenvalue weighted by Gasteiger charge is 2.11. The summed E-state index contributed by atoms with van der Waals surface area (Å²) in [5.41, 5.74) is 5.91. The summed E-state index contributed by atoms with van der Waals surface area (Å²) in [6.07, 6.45) is 0. The highest BCUT2D eigenvalue weighted by molar-refractivity contribution is 5.82. The standard InChI is InChI=1S/C20H20FNO/c1-11(2)15-7-13(4)16(8-12(15)3)19-10-20(23)17-9-14(21)5-6-18(17)22-19/h5-11H,1-4H3,(H,22,23). The number of hydrogen-bond donors (Lipinski definition) is 1. The molecule has 0 spiro atoms. The topological polar surface area (TPSA) is 32.9 Å². The fourth-order valence-electron chi connectivity index (χ4n) is 3.12. The van der Waals surface area contributed by atoms with Crippen molar-refractivity contribution in [3.8, 4) is 11.3 Å². The van der Waals surface area contributed by atoms with Gasteiger partial charge in [0.15, 0.2) is 5.43 Å². The summed E-state index contributed by atoms with van der Waals surface area (Å²) in [5, 5.41) is 0.377. The molecule has 0 aliphatic rings. The Hall–Kier alpha value is -2.42. The molecule has 0 unspecified atom stereocenters. The van der Waals surface area contributed by atoms with E-state index in [2.05, 4.69) is 37.9 Å². The number of aromatic nitrogens is 1. The fraction of sp³-hybridized carbons (Fsp3) is 0.250. The second-order valence-corrected chi connectivity index (χ2v) is 6.42. The summed E-state index contributed by atoms with van der Waals surface area (Å²) in [7, 11) is 0. The molecule has 2 aromatic carbocycles. The van der Waals surface area contributed by atoms with Gasteiger partial charge in [-0.15, -0.1) is 0 Å². The first-order valence-corrected chi connectivity index (χ1v) is 7.81. The average molecular weight is 309 g/mol. The summed E-state index contributed by atoms with van der Waals surface area (Å²) in [6, 6.07) is 10.1. The van der Waals surface area contributed by atoms with E-state index in [9.17, 15) is 9.18 Å². The van der Waals surface area contributed by atoms with E-state index >= 15 is 0 Å². The van der Waals surface area contributed by atoms with Crippen LogP contribution in [0.4, 0.5) is 4.39 Å². The number of aryl methyl sites for hydroxylation is 2. The molecular weight excluding hydrogens is 289 g/mol. The van der Waals surface area contributed by atoms with Gasteiger partial charge in [-0.25, -0.2) is 4.39 Å². The van der Waals surface area contributed by atoms with Gasteiger partial charge in [-0.1, -0.05) is 19.9 Å². The molecule has 0 fully saturated rings. The lowest BCUT2D eigenvalue weighted by Crippen LogP contribution is -2.04. The largest absolute Gasteiger partial charge is 0.354 e. The quantitative estimate of drug-likeness (QED) is 0.704. The van der Waals surface area contributed by atoms with Gasteiger partial charge < -0.3 is 4.98 Å². The predicted octanol–water partition coefficient (Wildman–Crippen LogP) is 5.07. The summed E-state index contributed by atoms with van der Waals surface area (Å²) < 4.78 is 13.3. The molecule has 0 bridgehead atoms. The third-order valence-electron chi connectivity index (χ3n) is 4.32. The maximum Gasteiger partial charge on any atom is 0.190 e. The molecule has 0 radical (unpaired) electrons. The summed E-state index contributed by atoms with van der Waals surface area (Å²) in [5.74, 6) is 0.0606. The van der Waals surface area contributed by atoms with Crippen LogP contribution in [0.1, 0.15) is 36.5 Å². The monoisotopic (exact) mass is 309 g/mol. The van der Waals surface area contributed by atoms with E-state index in [1.807, 2.05) is 6.92 Å². The van der Waals surface area contributed by atoms with Crippen molar-refractivity contribution >= 4 is 10.9 Å². The average Bonchev–Trinajstić information content (AvgIpc) is 2.49. The van der Waals surface area contributed by atoms with Gasteiger partial charge in [-0.3, -0.25) is 4.79 Å². The molecule has 0 aliphatic carbocycles. The molecule has 3 aromatic rings. The van der Waals surface area contributed by atoms with Crippen molar-refractivity contribution in [2.24, 2.45) is 0 Å². The van der Waals surface area contributed by atoms with Crippen molar-refractivity contribution in [2.45, 2.75) is 33.6 Å². The minimum atomic E-state index is -0.399. The third-order valence-corrected chi connectivity index (χ3v) is 4.32. The number of rotatable bonds is 2. The van der Waals surface area contributed by atoms with E-state index in [0.29, 0.717) is 16.8 Å². The van der Waals surface area contributed by atoms with E-state index in [1.54, 1.807) is 12.1 Å².